The molecule has 1 saturated heterocycles. The summed E-state index contributed by atoms with van der Waals surface area (Å²) in [6.07, 6.45) is 3.39. The summed E-state index contributed by atoms with van der Waals surface area (Å²) in [4.78, 5) is 16.4. The zero-order chi connectivity index (χ0) is 14.1. The van der Waals surface area contributed by atoms with Gasteiger partial charge in [0.15, 0.2) is 0 Å². The highest BCUT2D eigenvalue weighted by molar-refractivity contribution is 6.30. The summed E-state index contributed by atoms with van der Waals surface area (Å²) in [7, 11) is 1.72. The number of aromatic nitrogens is 1. The molecule has 2 aromatic rings. The first kappa shape index (κ1) is 12.9. The van der Waals surface area contributed by atoms with Crippen LogP contribution in [0.25, 0.3) is 0 Å². The lowest BCUT2D eigenvalue weighted by atomic mass is 10.1. The molecule has 1 aromatic heterocycles. The molecule has 1 aliphatic heterocycles. The second-order valence-corrected chi connectivity index (χ2v) is 4.93. The molecule has 1 aromatic carbocycles. The van der Waals surface area contributed by atoms with Gasteiger partial charge in [-0.2, -0.15) is 5.43 Å². The number of amides is 1. The molecule has 1 atom stereocenters. The van der Waals surface area contributed by atoms with Crippen molar-refractivity contribution in [1.29, 1.82) is 0 Å². The first-order chi connectivity index (χ1) is 9.66. The standard InChI is InChI=1S/C14H13ClN4O/c1-18-14(20)13(10-4-6-11(15)7-5-10)17-19(18)12-3-2-8-16-9-12/h2-9,13,17H,1H3. The highest BCUT2D eigenvalue weighted by Crippen LogP contribution is 2.26. The van der Waals surface area contributed by atoms with E-state index in [1.807, 2.05) is 24.3 Å². The Morgan fingerprint density at radius 2 is 2.00 bits per heavy atom. The number of carbonyl (C=O) groups excluding carboxylic acids is 1. The van der Waals surface area contributed by atoms with Gasteiger partial charge in [0.25, 0.3) is 5.91 Å². The third-order valence-electron chi connectivity index (χ3n) is 3.21. The lowest BCUT2D eigenvalue weighted by molar-refractivity contribution is -0.128. The first-order valence-corrected chi connectivity index (χ1v) is 6.54. The zero-order valence-electron chi connectivity index (χ0n) is 10.8. The molecule has 3 rings (SSSR count). The van der Waals surface area contributed by atoms with Crippen LogP contribution in [0.1, 0.15) is 11.6 Å². The number of carbonyl (C=O) groups is 1. The van der Waals surface area contributed by atoms with E-state index in [1.165, 1.54) is 5.01 Å². The predicted octanol–water partition coefficient (Wildman–Crippen LogP) is 2.17. The van der Waals surface area contributed by atoms with Crippen molar-refractivity contribution < 1.29 is 4.79 Å². The van der Waals surface area contributed by atoms with Crippen molar-refractivity contribution >= 4 is 23.2 Å². The van der Waals surface area contributed by atoms with Gasteiger partial charge >= 0.3 is 0 Å². The van der Waals surface area contributed by atoms with Crippen molar-refractivity contribution in [3.05, 3.63) is 59.4 Å². The Hall–Kier alpha value is -2.11. The minimum atomic E-state index is -0.419. The highest BCUT2D eigenvalue weighted by Gasteiger charge is 2.36. The molecule has 1 amide bonds. The molecular formula is C14H13ClN4O. The second kappa shape index (κ2) is 5.11. The molecule has 1 fully saturated rings. The number of nitrogens with zero attached hydrogens (tertiary/aromatic N) is 3. The average Bonchev–Trinajstić information content (AvgIpc) is 2.77. The number of likely N-dealkylation sites (N-methyl/N-ethyl adjacent to an activating group) is 1. The van der Waals surface area contributed by atoms with Crippen molar-refractivity contribution in [1.82, 2.24) is 15.4 Å². The maximum absolute atomic E-state index is 12.3. The van der Waals surface area contributed by atoms with Gasteiger partial charge in [-0.15, -0.1) is 0 Å². The van der Waals surface area contributed by atoms with Crippen LogP contribution >= 0.6 is 11.6 Å². The van der Waals surface area contributed by atoms with Crippen LogP contribution in [0.3, 0.4) is 0 Å². The number of anilines is 1. The van der Waals surface area contributed by atoms with Gasteiger partial charge in [0.2, 0.25) is 0 Å². The maximum atomic E-state index is 12.3. The Labute approximate surface area is 121 Å². The van der Waals surface area contributed by atoms with Crippen LogP contribution < -0.4 is 10.5 Å². The summed E-state index contributed by atoms with van der Waals surface area (Å²) in [5.41, 5.74) is 4.85. The van der Waals surface area contributed by atoms with E-state index in [1.54, 1.807) is 36.7 Å². The summed E-state index contributed by atoms with van der Waals surface area (Å²) in [6, 6.07) is 10.5. The van der Waals surface area contributed by atoms with E-state index < -0.39 is 6.04 Å². The van der Waals surface area contributed by atoms with Crippen LogP contribution in [-0.2, 0) is 4.79 Å². The van der Waals surface area contributed by atoms with E-state index in [2.05, 4.69) is 10.4 Å². The second-order valence-electron chi connectivity index (χ2n) is 4.50. The summed E-state index contributed by atoms with van der Waals surface area (Å²) in [6.45, 7) is 0. The molecule has 2 heterocycles. The van der Waals surface area contributed by atoms with Gasteiger partial charge in [-0.1, -0.05) is 23.7 Å². The van der Waals surface area contributed by atoms with E-state index in [9.17, 15) is 4.79 Å². The first-order valence-electron chi connectivity index (χ1n) is 6.16. The Morgan fingerprint density at radius 1 is 1.25 bits per heavy atom. The van der Waals surface area contributed by atoms with E-state index >= 15 is 0 Å². The topological polar surface area (TPSA) is 48.5 Å². The van der Waals surface area contributed by atoms with Crippen LogP contribution in [0.2, 0.25) is 5.02 Å². The molecule has 102 valence electrons. The van der Waals surface area contributed by atoms with Gasteiger partial charge < -0.3 is 0 Å². The SMILES string of the molecule is CN1C(=O)C(c2ccc(Cl)cc2)NN1c1cccnc1. The number of benzene rings is 1. The number of hydrogen-bond acceptors (Lipinski definition) is 4. The Morgan fingerprint density at radius 3 is 2.65 bits per heavy atom. The molecule has 0 radical (unpaired) electrons. The largest absolute Gasteiger partial charge is 0.271 e. The van der Waals surface area contributed by atoms with Gasteiger partial charge in [0.05, 0.1) is 11.9 Å². The molecule has 5 nitrogen and oxygen atoms in total. The van der Waals surface area contributed by atoms with Crippen LogP contribution in [-0.4, -0.2) is 22.9 Å². The number of rotatable bonds is 2. The van der Waals surface area contributed by atoms with Crippen molar-refractivity contribution in [2.24, 2.45) is 0 Å². The molecule has 1 unspecified atom stereocenters. The fourth-order valence-corrected chi connectivity index (χ4v) is 2.27. The Balaban J connectivity index is 1.89. The minimum Gasteiger partial charge on any atom is -0.271 e. The van der Waals surface area contributed by atoms with Gasteiger partial charge in [0, 0.05) is 18.3 Å². The van der Waals surface area contributed by atoms with Gasteiger partial charge in [-0.05, 0) is 29.8 Å². The van der Waals surface area contributed by atoms with Gasteiger partial charge in [-0.25, -0.2) is 10.1 Å². The number of halogens is 1. The predicted molar refractivity (Wildman–Crippen MR) is 76.8 cm³/mol. The lowest BCUT2D eigenvalue weighted by Gasteiger charge is -2.24. The van der Waals surface area contributed by atoms with Crippen LogP contribution in [0.5, 0.6) is 0 Å². The Bertz CT molecular complexity index is 617. The van der Waals surface area contributed by atoms with Crippen LogP contribution in [0.15, 0.2) is 48.8 Å². The maximum Gasteiger partial charge on any atom is 0.265 e. The minimum absolute atomic E-state index is 0.0313. The van der Waals surface area contributed by atoms with Crippen LogP contribution in [0.4, 0.5) is 5.69 Å². The molecular weight excluding hydrogens is 276 g/mol. The lowest BCUT2D eigenvalue weighted by Crippen LogP contribution is -2.40. The monoisotopic (exact) mass is 288 g/mol. The zero-order valence-corrected chi connectivity index (χ0v) is 11.6. The molecule has 0 bridgehead atoms. The molecule has 6 heteroatoms. The fraction of sp³-hybridized carbons (Fsp3) is 0.143. The quantitative estimate of drug-likeness (QED) is 0.920. The molecule has 0 aliphatic carbocycles. The number of hydrogen-bond donors (Lipinski definition) is 1. The van der Waals surface area contributed by atoms with E-state index in [-0.39, 0.29) is 5.91 Å². The van der Waals surface area contributed by atoms with Crippen molar-refractivity contribution in [3.8, 4) is 0 Å². The molecule has 0 saturated carbocycles. The smallest absolute Gasteiger partial charge is 0.265 e. The van der Waals surface area contributed by atoms with Crippen LogP contribution in [0, 0.1) is 0 Å². The van der Waals surface area contributed by atoms with E-state index in [0.29, 0.717) is 5.02 Å². The third-order valence-corrected chi connectivity index (χ3v) is 3.46. The molecule has 1 aliphatic rings. The van der Waals surface area contributed by atoms with Crippen molar-refractivity contribution in [2.45, 2.75) is 6.04 Å². The highest BCUT2D eigenvalue weighted by atomic mass is 35.5. The van der Waals surface area contributed by atoms with Crippen molar-refractivity contribution in [3.63, 3.8) is 0 Å². The summed E-state index contributed by atoms with van der Waals surface area (Å²) >= 11 is 5.87. The summed E-state index contributed by atoms with van der Waals surface area (Å²) in [5, 5.41) is 3.88. The summed E-state index contributed by atoms with van der Waals surface area (Å²) < 4.78 is 0. The number of nitrogens with one attached hydrogen (secondary N) is 1. The van der Waals surface area contributed by atoms with E-state index in [4.69, 9.17) is 11.6 Å². The van der Waals surface area contributed by atoms with E-state index in [0.717, 1.165) is 11.3 Å². The van der Waals surface area contributed by atoms with Gasteiger partial charge in [-0.3, -0.25) is 9.78 Å². The van der Waals surface area contributed by atoms with Crippen molar-refractivity contribution in [2.75, 3.05) is 12.2 Å². The molecule has 1 N–H and O–H groups in total. The Kier molecular flexibility index (Phi) is 3.30. The van der Waals surface area contributed by atoms with Gasteiger partial charge in [0.1, 0.15) is 6.04 Å². The molecule has 20 heavy (non-hydrogen) atoms. The molecule has 0 spiro atoms. The average molecular weight is 289 g/mol. The summed E-state index contributed by atoms with van der Waals surface area (Å²) in [5.74, 6) is -0.0313. The third kappa shape index (κ3) is 2.21. The number of pyridine rings is 1. The normalized spacial score (nSPS) is 18.7. The fourth-order valence-electron chi connectivity index (χ4n) is 2.15. The number of hydrazine groups is 2.